The molecule has 2 aromatic rings. The zero-order valence-electron chi connectivity index (χ0n) is 10.6. The van der Waals surface area contributed by atoms with Crippen LogP contribution >= 0.6 is 11.6 Å². The third kappa shape index (κ3) is 3.05. The summed E-state index contributed by atoms with van der Waals surface area (Å²) >= 11 is 5.71. The minimum Gasteiger partial charge on any atom is -0.465 e. The number of nitrogens with two attached hydrogens (primary N) is 1. The van der Waals surface area contributed by atoms with E-state index in [1.807, 2.05) is 0 Å². The summed E-state index contributed by atoms with van der Waals surface area (Å²) in [5.74, 6) is 5.09. The summed E-state index contributed by atoms with van der Waals surface area (Å²) in [6.45, 7) is 0. The first-order valence-corrected chi connectivity index (χ1v) is 5.96. The Kier molecular flexibility index (Phi) is 4.18. The molecule has 0 fully saturated rings. The molecule has 5 nitrogen and oxygen atoms in total. The Bertz CT molecular complexity index is 720. The first-order valence-electron chi connectivity index (χ1n) is 5.58. The van der Waals surface area contributed by atoms with Gasteiger partial charge in [-0.1, -0.05) is 17.5 Å². The van der Waals surface area contributed by atoms with Crippen LogP contribution in [-0.2, 0) is 4.74 Å². The first-order chi connectivity index (χ1) is 9.61. The van der Waals surface area contributed by atoms with Gasteiger partial charge in [0.15, 0.2) is 0 Å². The van der Waals surface area contributed by atoms with Gasteiger partial charge in [0.2, 0.25) is 0 Å². The van der Waals surface area contributed by atoms with Gasteiger partial charge in [0.05, 0.1) is 23.9 Å². The molecule has 0 aliphatic carbocycles. The summed E-state index contributed by atoms with van der Waals surface area (Å²) < 4.78 is 4.67. The molecule has 0 aliphatic rings. The van der Waals surface area contributed by atoms with Crippen molar-refractivity contribution in [3.05, 3.63) is 52.6 Å². The number of hydrogen-bond donors (Lipinski definition) is 1. The van der Waals surface area contributed by atoms with Crippen LogP contribution in [0.5, 0.6) is 0 Å². The maximum Gasteiger partial charge on any atom is 0.340 e. The summed E-state index contributed by atoms with van der Waals surface area (Å²) in [6.07, 6.45) is 3.01. The van der Waals surface area contributed by atoms with E-state index in [0.717, 1.165) is 0 Å². The van der Waals surface area contributed by atoms with Gasteiger partial charge in [0.25, 0.3) is 0 Å². The SMILES string of the molecule is COC(=O)c1cccnc1C#Cc1cnc(Cl)cc1N. The molecule has 2 rings (SSSR count). The summed E-state index contributed by atoms with van der Waals surface area (Å²) in [5, 5.41) is 0.293. The van der Waals surface area contributed by atoms with Crippen molar-refractivity contribution in [2.75, 3.05) is 12.8 Å². The van der Waals surface area contributed by atoms with Crippen molar-refractivity contribution in [1.82, 2.24) is 9.97 Å². The largest absolute Gasteiger partial charge is 0.465 e. The Hall–Kier alpha value is -2.58. The molecule has 2 heterocycles. The van der Waals surface area contributed by atoms with E-state index < -0.39 is 5.97 Å². The van der Waals surface area contributed by atoms with E-state index in [1.54, 1.807) is 18.3 Å². The van der Waals surface area contributed by atoms with Gasteiger partial charge in [-0.05, 0) is 24.1 Å². The molecule has 0 radical (unpaired) electrons. The molecule has 100 valence electrons. The number of anilines is 1. The van der Waals surface area contributed by atoms with E-state index in [9.17, 15) is 4.79 Å². The minimum absolute atomic E-state index is 0.293. The quantitative estimate of drug-likeness (QED) is 0.492. The molecule has 6 heteroatoms. The van der Waals surface area contributed by atoms with E-state index in [0.29, 0.717) is 27.7 Å². The molecule has 20 heavy (non-hydrogen) atoms. The van der Waals surface area contributed by atoms with Crippen molar-refractivity contribution in [3.63, 3.8) is 0 Å². The van der Waals surface area contributed by atoms with Gasteiger partial charge in [0, 0.05) is 12.4 Å². The third-order valence-electron chi connectivity index (χ3n) is 2.43. The number of esters is 1. The number of halogens is 1. The Balaban J connectivity index is 2.41. The number of carbonyl (C=O) groups is 1. The second kappa shape index (κ2) is 6.04. The number of carbonyl (C=O) groups excluding carboxylic acids is 1. The highest BCUT2D eigenvalue weighted by Crippen LogP contribution is 2.14. The summed E-state index contributed by atoms with van der Waals surface area (Å²) in [7, 11) is 1.30. The predicted molar refractivity (Wildman–Crippen MR) is 75.2 cm³/mol. The van der Waals surface area contributed by atoms with Crippen molar-refractivity contribution in [1.29, 1.82) is 0 Å². The van der Waals surface area contributed by atoms with Crippen molar-refractivity contribution in [3.8, 4) is 11.8 Å². The van der Waals surface area contributed by atoms with Gasteiger partial charge in [0.1, 0.15) is 10.8 Å². The fraction of sp³-hybridized carbons (Fsp3) is 0.0714. The fourth-order valence-corrected chi connectivity index (χ4v) is 1.62. The third-order valence-corrected chi connectivity index (χ3v) is 2.64. The van der Waals surface area contributed by atoms with E-state index >= 15 is 0 Å². The van der Waals surface area contributed by atoms with E-state index in [-0.39, 0.29) is 0 Å². The Morgan fingerprint density at radius 3 is 2.90 bits per heavy atom. The highest BCUT2D eigenvalue weighted by molar-refractivity contribution is 6.29. The molecular weight excluding hydrogens is 278 g/mol. The van der Waals surface area contributed by atoms with Gasteiger partial charge in [-0.25, -0.2) is 14.8 Å². The highest BCUT2D eigenvalue weighted by Gasteiger charge is 2.10. The number of pyridine rings is 2. The number of rotatable bonds is 1. The number of aromatic nitrogens is 2. The second-order valence-corrected chi connectivity index (χ2v) is 4.12. The van der Waals surface area contributed by atoms with Crippen molar-refractivity contribution in [2.24, 2.45) is 0 Å². The standard InChI is InChI=1S/C14H10ClN3O2/c1-20-14(19)10-3-2-6-17-12(10)5-4-9-8-18-13(15)7-11(9)16/h2-3,6-8H,1H3,(H2,16,18). The molecule has 0 amide bonds. The van der Waals surface area contributed by atoms with Crippen LogP contribution in [0.15, 0.2) is 30.6 Å². The lowest BCUT2D eigenvalue weighted by Crippen LogP contribution is -2.05. The molecule has 0 saturated carbocycles. The van der Waals surface area contributed by atoms with E-state index in [1.165, 1.54) is 19.4 Å². The van der Waals surface area contributed by atoms with Crippen LogP contribution in [-0.4, -0.2) is 23.0 Å². The van der Waals surface area contributed by atoms with Crippen molar-refractivity contribution >= 4 is 23.3 Å². The van der Waals surface area contributed by atoms with Crippen molar-refractivity contribution in [2.45, 2.75) is 0 Å². The second-order valence-electron chi connectivity index (χ2n) is 3.74. The van der Waals surface area contributed by atoms with Crippen LogP contribution in [0, 0.1) is 11.8 Å². The fourth-order valence-electron chi connectivity index (χ4n) is 1.45. The maximum atomic E-state index is 11.6. The number of hydrogen-bond acceptors (Lipinski definition) is 5. The lowest BCUT2D eigenvalue weighted by molar-refractivity contribution is 0.0600. The molecule has 0 spiro atoms. The zero-order valence-corrected chi connectivity index (χ0v) is 11.3. The topological polar surface area (TPSA) is 78.1 Å². The first kappa shape index (κ1) is 13.8. The number of ether oxygens (including phenoxy) is 1. The zero-order chi connectivity index (χ0) is 14.5. The molecular formula is C14H10ClN3O2. The highest BCUT2D eigenvalue weighted by atomic mass is 35.5. The Morgan fingerprint density at radius 1 is 1.40 bits per heavy atom. The molecule has 0 aromatic carbocycles. The number of nitrogens with zero attached hydrogens (tertiary/aromatic N) is 2. The molecule has 0 aliphatic heterocycles. The summed E-state index contributed by atoms with van der Waals surface area (Å²) in [6, 6.07) is 4.73. The molecule has 2 aromatic heterocycles. The number of nitrogen functional groups attached to an aromatic ring is 1. The Morgan fingerprint density at radius 2 is 2.20 bits per heavy atom. The lowest BCUT2D eigenvalue weighted by atomic mass is 10.1. The summed E-state index contributed by atoms with van der Waals surface area (Å²) in [5.41, 5.74) is 7.30. The number of methoxy groups -OCH3 is 1. The van der Waals surface area contributed by atoms with Gasteiger partial charge >= 0.3 is 5.97 Å². The average molecular weight is 288 g/mol. The lowest BCUT2D eigenvalue weighted by Gasteiger charge is -2.00. The molecule has 2 N–H and O–H groups in total. The van der Waals surface area contributed by atoms with Crippen LogP contribution in [0.1, 0.15) is 21.6 Å². The van der Waals surface area contributed by atoms with Crippen LogP contribution in [0.2, 0.25) is 5.15 Å². The minimum atomic E-state index is -0.496. The maximum absolute atomic E-state index is 11.6. The van der Waals surface area contributed by atoms with E-state index in [4.69, 9.17) is 17.3 Å². The summed E-state index contributed by atoms with van der Waals surface area (Å²) in [4.78, 5) is 19.5. The van der Waals surface area contributed by atoms with Crippen LogP contribution < -0.4 is 5.73 Å². The Labute approximate surface area is 120 Å². The van der Waals surface area contributed by atoms with Gasteiger partial charge < -0.3 is 10.5 Å². The van der Waals surface area contributed by atoms with Crippen molar-refractivity contribution < 1.29 is 9.53 Å². The molecule has 0 unspecified atom stereocenters. The molecule has 0 bridgehead atoms. The smallest absolute Gasteiger partial charge is 0.340 e. The normalized spacial score (nSPS) is 9.50. The average Bonchev–Trinajstić information content (AvgIpc) is 2.46. The van der Waals surface area contributed by atoms with Gasteiger partial charge in [-0.15, -0.1) is 0 Å². The molecule has 0 atom stereocenters. The van der Waals surface area contributed by atoms with E-state index in [2.05, 4.69) is 26.5 Å². The van der Waals surface area contributed by atoms with Gasteiger partial charge in [-0.3, -0.25) is 0 Å². The van der Waals surface area contributed by atoms with Gasteiger partial charge in [-0.2, -0.15) is 0 Å². The van der Waals surface area contributed by atoms with Crippen LogP contribution in [0.25, 0.3) is 0 Å². The monoisotopic (exact) mass is 287 g/mol. The van der Waals surface area contributed by atoms with Crippen LogP contribution in [0.4, 0.5) is 5.69 Å². The predicted octanol–water partition coefficient (Wildman–Crippen LogP) is 1.90. The van der Waals surface area contributed by atoms with Crippen LogP contribution in [0.3, 0.4) is 0 Å². The molecule has 0 saturated heterocycles.